The van der Waals surface area contributed by atoms with Gasteiger partial charge in [-0.3, -0.25) is 4.99 Å². The number of ether oxygens (including phenoxy) is 3. The number of anilines is 1. The zero-order chi connectivity index (χ0) is 21.8. The highest BCUT2D eigenvalue weighted by Crippen LogP contribution is 2.27. The van der Waals surface area contributed by atoms with Gasteiger partial charge in [-0.2, -0.15) is 0 Å². The van der Waals surface area contributed by atoms with Crippen molar-refractivity contribution in [3.8, 4) is 11.5 Å². The van der Waals surface area contributed by atoms with Crippen LogP contribution < -0.4 is 20.1 Å². The molecule has 2 rings (SSSR count). The molecule has 0 atom stereocenters. The summed E-state index contributed by atoms with van der Waals surface area (Å²) in [6, 6.07) is 14.4. The van der Waals surface area contributed by atoms with E-state index < -0.39 is 0 Å². The molecular weight excluding hydrogens is 380 g/mol. The minimum absolute atomic E-state index is 0.690. The predicted octanol–water partition coefficient (Wildman–Crippen LogP) is 3.01. The summed E-state index contributed by atoms with van der Waals surface area (Å²) < 4.78 is 15.7. The average molecular weight is 415 g/mol. The van der Waals surface area contributed by atoms with Gasteiger partial charge in [-0.15, -0.1) is 0 Å². The van der Waals surface area contributed by atoms with Crippen LogP contribution in [-0.2, 0) is 17.7 Å². The molecule has 0 fully saturated rings. The van der Waals surface area contributed by atoms with Gasteiger partial charge in [0.05, 0.1) is 20.8 Å². The van der Waals surface area contributed by atoms with Crippen LogP contribution in [0.3, 0.4) is 0 Å². The van der Waals surface area contributed by atoms with Crippen LogP contribution in [0.15, 0.2) is 47.5 Å². The van der Waals surface area contributed by atoms with E-state index in [2.05, 4.69) is 50.9 Å². The van der Waals surface area contributed by atoms with Crippen LogP contribution in [0, 0.1) is 0 Å². The second-order valence-electron chi connectivity index (χ2n) is 6.88. The second kappa shape index (κ2) is 12.6. The van der Waals surface area contributed by atoms with Gasteiger partial charge in [0.1, 0.15) is 0 Å². The maximum Gasteiger partial charge on any atom is 0.193 e. The summed E-state index contributed by atoms with van der Waals surface area (Å²) in [5.41, 5.74) is 3.47. The van der Waals surface area contributed by atoms with E-state index in [4.69, 9.17) is 14.2 Å². The first-order valence-corrected chi connectivity index (χ1v) is 10.1. The van der Waals surface area contributed by atoms with Crippen molar-refractivity contribution in [2.75, 3.05) is 60.4 Å². The van der Waals surface area contributed by atoms with Gasteiger partial charge in [0.2, 0.25) is 0 Å². The number of rotatable bonds is 11. The molecule has 164 valence electrons. The van der Waals surface area contributed by atoms with Crippen molar-refractivity contribution in [1.82, 2.24) is 10.2 Å². The highest BCUT2D eigenvalue weighted by atomic mass is 16.5. The Balaban J connectivity index is 1.84. The van der Waals surface area contributed by atoms with E-state index in [0.717, 1.165) is 42.7 Å². The van der Waals surface area contributed by atoms with Crippen molar-refractivity contribution in [3.05, 3.63) is 53.6 Å². The predicted molar refractivity (Wildman–Crippen MR) is 123 cm³/mol. The molecular formula is C23H34N4O3. The normalized spacial score (nSPS) is 11.2. The Morgan fingerprint density at radius 3 is 2.30 bits per heavy atom. The fourth-order valence-corrected chi connectivity index (χ4v) is 3.04. The van der Waals surface area contributed by atoms with Gasteiger partial charge in [-0.1, -0.05) is 18.2 Å². The quantitative estimate of drug-likeness (QED) is 0.335. The fourth-order valence-electron chi connectivity index (χ4n) is 3.04. The molecule has 2 aromatic rings. The molecule has 7 nitrogen and oxygen atoms in total. The van der Waals surface area contributed by atoms with Crippen LogP contribution in [0.4, 0.5) is 5.69 Å². The third-order valence-corrected chi connectivity index (χ3v) is 4.80. The van der Waals surface area contributed by atoms with Gasteiger partial charge in [-0.05, 0) is 41.8 Å². The Hall–Kier alpha value is -2.93. The molecule has 0 radical (unpaired) electrons. The molecule has 2 N–H and O–H groups in total. The summed E-state index contributed by atoms with van der Waals surface area (Å²) in [4.78, 5) is 6.53. The summed E-state index contributed by atoms with van der Waals surface area (Å²) >= 11 is 0. The lowest BCUT2D eigenvalue weighted by atomic mass is 10.1. The first-order valence-electron chi connectivity index (χ1n) is 10.1. The third kappa shape index (κ3) is 7.15. The van der Waals surface area contributed by atoms with Crippen molar-refractivity contribution < 1.29 is 14.2 Å². The van der Waals surface area contributed by atoms with E-state index >= 15 is 0 Å². The summed E-state index contributed by atoms with van der Waals surface area (Å²) in [6.07, 6.45) is 0.874. The Morgan fingerprint density at radius 2 is 1.67 bits per heavy atom. The third-order valence-electron chi connectivity index (χ3n) is 4.80. The summed E-state index contributed by atoms with van der Waals surface area (Å²) in [5.74, 6) is 2.35. The molecule has 0 bridgehead atoms. The SMILES string of the molecule is CN=C(NCc1ccc(NCCOC)cc1)N(C)CCc1ccc(OC)c(OC)c1. The van der Waals surface area contributed by atoms with Crippen molar-refractivity contribution in [2.45, 2.75) is 13.0 Å². The smallest absolute Gasteiger partial charge is 0.193 e. The Kier molecular flexibility index (Phi) is 9.80. The lowest BCUT2D eigenvalue weighted by Crippen LogP contribution is -2.39. The number of nitrogens with zero attached hydrogens (tertiary/aromatic N) is 2. The minimum atomic E-state index is 0.690. The van der Waals surface area contributed by atoms with Crippen LogP contribution in [-0.4, -0.2) is 66.0 Å². The van der Waals surface area contributed by atoms with Gasteiger partial charge in [0.15, 0.2) is 17.5 Å². The van der Waals surface area contributed by atoms with Crippen molar-refractivity contribution in [1.29, 1.82) is 0 Å². The van der Waals surface area contributed by atoms with E-state index in [-0.39, 0.29) is 0 Å². The van der Waals surface area contributed by atoms with Gasteiger partial charge in [0, 0.05) is 46.5 Å². The number of aliphatic imine (C=N–C) groups is 1. The molecule has 30 heavy (non-hydrogen) atoms. The number of methoxy groups -OCH3 is 3. The van der Waals surface area contributed by atoms with E-state index in [1.165, 1.54) is 11.1 Å². The number of likely N-dealkylation sites (N-methyl/N-ethyl adjacent to an activating group) is 1. The van der Waals surface area contributed by atoms with Gasteiger partial charge < -0.3 is 29.7 Å². The Morgan fingerprint density at radius 1 is 0.967 bits per heavy atom. The van der Waals surface area contributed by atoms with Crippen LogP contribution in [0.25, 0.3) is 0 Å². The zero-order valence-corrected chi connectivity index (χ0v) is 18.7. The van der Waals surface area contributed by atoms with Gasteiger partial charge >= 0.3 is 0 Å². The Bertz CT molecular complexity index is 794. The lowest BCUT2D eigenvalue weighted by molar-refractivity contribution is 0.211. The van der Waals surface area contributed by atoms with Crippen LogP contribution >= 0.6 is 0 Å². The molecule has 0 aliphatic carbocycles. The lowest BCUT2D eigenvalue weighted by Gasteiger charge is -2.22. The van der Waals surface area contributed by atoms with Crippen LogP contribution in [0.5, 0.6) is 11.5 Å². The molecule has 2 aromatic carbocycles. The molecule has 0 aliphatic rings. The molecule has 0 amide bonds. The molecule has 0 saturated heterocycles. The maximum atomic E-state index is 5.39. The molecule has 0 aliphatic heterocycles. The Labute approximate surface area is 180 Å². The zero-order valence-electron chi connectivity index (χ0n) is 18.7. The number of hydrogen-bond acceptors (Lipinski definition) is 5. The van der Waals surface area contributed by atoms with E-state index in [0.29, 0.717) is 13.2 Å². The molecule has 0 saturated carbocycles. The standard InChI is InChI=1S/C23H34N4O3/c1-24-23(26-17-19-6-9-20(10-7-19)25-13-15-28-3)27(2)14-12-18-8-11-21(29-4)22(16-18)30-5/h6-11,16,25H,12-15,17H2,1-5H3,(H,24,26). The van der Waals surface area contributed by atoms with Gasteiger partial charge in [-0.25, -0.2) is 0 Å². The first kappa shape index (κ1) is 23.3. The highest BCUT2D eigenvalue weighted by Gasteiger charge is 2.08. The number of guanidine groups is 1. The van der Waals surface area contributed by atoms with Gasteiger partial charge in [0.25, 0.3) is 0 Å². The van der Waals surface area contributed by atoms with E-state index in [1.54, 1.807) is 28.4 Å². The van der Waals surface area contributed by atoms with Crippen molar-refractivity contribution >= 4 is 11.6 Å². The summed E-state index contributed by atoms with van der Waals surface area (Å²) in [6.45, 7) is 3.03. The number of benzene rings is 2. The summed E-state index contributed by atoms with van der Waals surface area (Å²) in [7, 11) is 8.85. The molecule has 0 unspecified atom stereocenters. The molecule has 0 spiro atoms. The maximum absolute atomic E-state index is 5.39. The second-order valence-corrected chi connectivity index (χ2v) is 6.88. The topological polar surface area (TPSA) is 67.4 Å². The molecule has 0 heterocycles. The van der Waals surface area contributed by atoms with Crippen molar-refractivity contribution in [2.24, 2.45) is 4.99 Å². The van der Waals surface area contributed by atoms with E-state index in [9.17, 15) is 0 Å². The van der Waals surface area contributed by atoms with Crippen molar-refractivity contribution in [3.63, 3.8) is 0 Å². The highest BCUT2D eigenvalue weighted by molar-refractivity contribution is 5.79. The summed E-state index contributed by atoms with van der Waals surface area (Å²) in [5, 5.41) is 6.75. The monoisotopic (exact) mass is 414 g/mol. The minimum Gasteiger partial charge on any atom is -0.493 e. The fraction of sp³-hybridized carbons (Fsp3) is 0.435. The largest absolute Gasteiger partial charge is 0.493 e. The van der Waals surface area contributed by atoms with Crippen LogP contribution in [0.1, 0.15) is 11.1 Å². The molecule has 7 heteroatoms. The number of nitrogens with one attached hydrogen (secondary N) is 2. The van der Waals surface area contributed by atoms with Crippen LogP contribution in [0.2, 0.25) is 0 Å². The average Bonchev–Trinajstić information content (AvgIpc) is 2.79. The first-order chi connectivity index (χ1) is 14.6. The molecule has 0 aromatic heterocycles. The van der Waals surface area contributed by atoms with E-state index in [1.807, 2.05) is 19.2 Å². The number of hydrogen-bond donors (Lipinski definition) is 2.